The number of carbonyl (C=O) groups excluding carboxylic acids is 1. The number of amides is 1. The van der Waals surface area contributed by atoms with E-state index in [1.165, 1.54) is 0 Å². The summed E-state index contributed by atoms with van der Waals surface area (Å²) in [5, 5.41) is 11.5. The lowest BCUT2D eigenvalue weighted by Crippen LogP contribution is -2.44. The Hall–Kier alpha value is -1.36. The van der Waals surface area contributed by atoms with Gasteiger partial charge in [-0.3, -0.25) is 4.79 Å². The van der Waals surface area contributed by atoms with E-state index in [4.69, 9.17) is 5.11 Å². The zero-order chi connectivity index (χ0) is 13.7. The second-order valence-electron chi connectivity index (χ2n) is 4.40. The highest BCUT2D eigenvalue weighted by Crippen LogP contribution is 2.16. The van der Waals surface area contributed by atoms with E-state index in [9.17, 15) is 9.59 Å². The van der Waals surface area contributed by atoms with Crippen LogP contribution < -0.4 is 5.32 Å². The Labute approximate surface area is 115 Å². The number of hydrogen-bond donors (Lipinski definition) is 2. The van der Waals surface area contributed by atoms with E-state index in [0.717, 1.165) is 10.0 Å². The molecule has 1 rings (SSSR count). The average molecular weight is 314 g/mol. The molecule has 0 bridgehead atoms. The average Bonchev–Trinajstić information content (AvgIpc) is 2.28. The number of nitrogens with one attached hydrogen (secondary N) is 1. The van der Waals surface area contributed by atoms with Crippen LogP contribution in [0.5, 0.6) is 0 Å². The number of carboxylic acid groups (broad SMARTS) is 1. The fraction of sp³-hybridized carbons (Fsp3) is 0.385. The Bertz CT molecular complexity index is 446. The molecule has 5 heteroatoms. The van der Waals surface area contributed by atoms with Gasteiger partial charge in [0.1, 0.15) is 6.04 Å². The summed E-state index contributed by atoms with van der Waals surface area (Å²) in [5.41, 5.74) is 0.836. The van der Waals surface area contributed by atoms with Crippen molar-refractivity contribution >= 4 is 27.8 Å². The van der Waals surface area contributed by atoms with Crippen molar-refractivity contribution in [2.24, 2.45) is 5.92 Å². The Balaban J connectivity index is 2.67. The molecule has 0 aliphatic rings. The second kappa shape index (κ2) is 6.54. The van der Waals surface area contributed by atoms with Crippen LogP contribution >= 0.6 is 15.9 Å². The van der Waals surface area contributed by atoms with Crippen molar-refractivity contribution < 1.29 is 14.7 Å². The Morgan fingerprint density at radius 2 is 1.94 bits per heavy atom. The van der Waals surface area contributed by atoms with Gasteiger partial charge < -0.3 is 10.4 Å². The van der Waals surface area contributed by atoms with Gasteiger partial charge >= 0.3 is 5.97 Å². The van der Waals surface area contributed by atoms with Gasteiger partial charge in [0.05, 0.1) is 6.42 Å². The van der Waals surface area contributed by atoms with E-state index >= 15 is 0 Å². The van der Waals surface area contributed by atoms with Crippen molar-refractivity contribution in [1.82, 2.24) is 5.32 Å². The zero-order valence-corrected chi connectivity index (χ0v) is 11.9. The third-order valence-electron chi connectivity index (χ3n) is 2.56. The van der Waals surface area contributed by atoms with Gasteiger partial charge in [0.15, 0.2) is 0 Å². The van der Waals surface area contributed by atoms with Crippen molar-refractivity contribution in [2.45, 2.75) is 26.3 Å². The molecule has 0 radical (unpaired) electrons. The lowest BCUT2D eigenvalue weighted by atomic mass is 10.0. The van der Waals surface area contributed by atoms with Crippen molar-refractivity contribution in [2.75, 3.05) is 0 Å². The standard InChI is InChI=1S/C13H16BrNO3/c1-8(2)12(13(17)18)15-11(16)7-9-5-3-4-6-10(9)14/h3-6,8,12H,7H2,1-2H3,(H,15,16)(H,17,18)/t12-/m1/s1. The third kappa shape index (κ3) is 4.14. The summed E-state index contributed by atoms with van der Waals surface area (Å²) in [4.78, 5) is 22.8. The molecular formula is C13H16BrNO3. The van der Waals surface area contributed by atoms with E-state index in [1.807, 2.05) is 24.3 Å². The molecule has 1 atom stereocenters. The van der Waals surface area contributed by atoms with Gasteiger partial charge in [-0.05, 0) is 17.5 Å². The lowest BCUT2D eigenvalue weighted by molar-refractivity contribution is -0.143. The molecule has 0 heterocycles. The monoisotopic (exact) mass is 313 g/mol. The summed E-state index contributed by atoms with van der Waals surface area (Å²) in [6.07, 6.45) is 0.165. The van der Waals surface area contributed by atoms with E-state index < -0.39 is 12.0 Å². The number of benzene rings is 1. The van der Waals surface area contributed by atoms with Crippen LogP contribution in [0, 0.1) is 5.92 Å². The maximum Gasteiger partial charge on any atom is 0.326 e. The van der Waals surface area contributed by atoms with Gasteiger partial charge in [-0.25, -0.2) is 4.79 Å². The number of hydrogen-bond acceptors (Lipinski definition) is 2. The Kier molecular flexibility index (Phi) is 5.34. The van der Waals surface area contributed by atoms with Gasteiger partial charge in [-0.1, -0.05) is 48.0 Å². The molecule has 18 heavy (non-hydrogen) atoms. The van der Waals surface area contributed by atoms with Gasteiger partial charge in [0, 0.05) is 4.47 Å². The van der Waals surface area contributed by atoms with Crippen LogP contribution in [0.1, 0.15) is 19.4 Å². The number of aliphatic carboxylic acids is 1. The molecule has 0 aliphatic carbocycles. The smallest absolute Gasteiger partial charge is 0.326 e. The predicted octanol–water partition coefficient (Wildman–Crippen LogP) is 2.22. The highest BCUT2D eigenvalue weighted by atomic mass is 79.9. The third-order valence-corrected chi connectivity index (χ3v) is 3.33. The van der Waals surface area contributed by atoms with Crippen LogP contribution in [0.2, 0.25) is 0 Å². The topological polar surface area (TPSA) is 66.4 Å². The van der Waals surface area contributed by atoms with Crippen LogP contribution in [0.15, 0.2) is 28.7 Å². The molecule has 0 saturated carbocycles. The molecule has 0 fully saturated rings. The second-order valence-corrected chi connectivity index (χ2v) is 5.25. The largest absolute Gasteiger partial charge is 0.480 e. The maximum atomic E-state index is 11.8. The number of rotatable bonds is 5. The summed E-state index contributed by atoms with van der Waals surface area (Å²) in [7, 11) is 0. The molecule has 1 amide bonds. The molecule has 0 saturated heterocycles. The summed E-state index contributed by atoms with van der Waals surface area (Å²) in [5.74, 6) is -1.45. The lowest BCUT2D eigenvalue weighted by Gasteiger charge is -2.18. The molecule has 1 aromatic rings. The number of halogens is 1. The summed E-state index contributed by atoms with van der Waals surface area (Å²) >= 11 is 3.35. The molecule has 4 nitrogen and oxygen atoms in total. The van der Waals surface area contributed by atoms with E-state index in [-0.39, 0.29) is 18.2 Å². The first-order chi connectivity index (χ1) is 8.41. The Morgan fingerprint density at radius 3 is 2.44 bits per heavy atom. The number of carboxylic acids is 1. The van der Waals surface area contributed by atoms with Crippen LogP contribution in [-0.4, -0.2) is 23.0 Å². The molecule has 0 unspecified atom stereocenters. The summed E-state index contributed by atoms with van der Waals surface area (Å²) < 4.78 is 0.844. The summed E-state index contributed by atoms with van der Waals surface area (Å²) in [6, 6.07) is 6.53. The van der Waals surface area contributed by atoms with Crippen molar-refractivity contribution in [3.63, 3.8) is 0 Å². The van der Waals surface area contributed by atoms with Gasteiger partial charge in [0.2, 0.25) is 5.91 Å². The highest BCUT2D eigenvalue weighted by Gasteiger charge is 2.23. The van der Waals surface area contributed by atoms with E-state index in [2.05, 4.69) is 21.2 Å². The fourth-order valence-electron chi connectivity index (χ4n) is 1.55. The quantitative estimate of drug-likeness (QED) is 0.876. The normalized spacial score (nSPS) is 12.2. The molecule has 98 valence electrons. The SMILES string of the molecule is CC(C)[C@@H](NC(=O)Cc1ccccc1Br)C(=O)O. The van der Waals surface area contributed by atoms with Crippen molar-refractivity contribution in [3.8, 4) is 0 Å². The molecular weight excluding hydrogens is 298 g/mol. The minimum atomic E-state index is -1.01. The van der Waals surface area contributed by atoms with Crippen molar-refractivity contribution in [1.29, 1.82) is 0 Å². The van der Waals surface area contributed by atoms with Crippen LogP contribution in [-0.2, 0) is 16.0 Å². The maximum absolute atomic E-state index is 11.8. The zero-order valence-electron chi connectivity index (χ0n) is 10.3. The Morgan fingerprint density at radius 1 is 1.33 bits per heavy atom. The van der Waals surface area contributed by atoms with Crippen molar-refractivity contribution in [3.05, 3.63) is 34.3 Å². The molecule has 0 spiro atoms. The van der Waals surface area contributed by atoms with Crippen LogP contribution in [0.3, 0.4) is 0 Å². The highest BCUT2D eigenvalue weighted by molar-refractivity contribution is 9.10. The molecule has 0 aromatic heterocycles. The predicted molar refractivity (Wildman–Crippen MR) is 72.3 cm³/mol. The van der Waals surface area contributed by atoms with E-state index in [0.29, 0.717) is 0 Å². The van der Waals surface area contributed by atoms with Crippen LogP contribution in [0.25, 0.3) is 0 Å². The fourth-order valence-corrected chi connectivity index (χ4v) is 1.98. The van der Waals surface area contributed by atoms with E-state index in [1.54, 1.807) is 13.8 Å². The van der Waals surface area contributed by atoms with Gasteiger partial charge in [-0.15, -0.1) is 0 Å². The van der Waals surface area contributed by atoms with Gasteiger partial charge in [-0.2, -0.15) is 0 Å². The minimum Gasteiger partial charge on any atom is -0.480 e. The molecule has 2 N–H and O–H groups in total. The first kappa shape index (κ1) is 14.7. The molecule has 0 aliphatic heterocycles. The van der Waals surface area contributed by atoms with Gasteiger partial charge in [0.25, 0.3) is 0 Å². The molecule has 1 aromatic carbocycles. The van der Waals surface area contributed by atoms with Crippen LogP contribution in [0.4, 0.5) is 0 Å². The first-order valence-corrected chi connectivity index (χ1v) is 6.46. The number of carbonyl (C=O) groups is 2. The minimum absolute atomic E-state index is 0.148. The first-order valence-electron chi connectivity index (χ1n) is 5.67. The summed E-state index contributed by atoms with van der Waals surface area (Å²) in [6.45, 7) is 3.52.